The molecule has 0 aliphatic carbocycles. The predicted molar refractivity (Wildman–Crippen MR) is 89.7 cm³/mol. The van der Waals surface area contributed by atoms with Gasteiger partial charge in [0, 0.05) is 45.0 Å². The molecule has 1 aliphatic heterocycles. The van der Waals surface area contributed by atoms with Crippen LogP contribution in [-0.4, -0.2) is 27.6 Å². The summed E-state index contributed by atoms with van der Waals surface area (Å²) in [5.41, 5.74) is 1.07. The standard InChI is InChI=1S/C17H19N5O2/c1-20-9-6-19-17(20)11-13-4-7-21(8-5-13)16-10-14(12-18)2-3-15(16)22(23)24/h2-3,6,9-10,13H,4-5,7-8,11H2,1H3. The summed E-state index contributed by atoms with van der Waals surface area (Å²) in [6.07, 6.45) is 6.60. The molecule has 0 bridgehead atoms. The van der Waals surface area contributed by atoms with Crippen LogP contribution in [0.25, 0.3) is 0 Å². The first-order valence-electron chi connectivity index (χ1n) is 7.98. The molecule has 1 aromatic carbocycles. The fourth-order valence-corrected chi connectivity index (χ4v) is 3.23. The van der Waals surface area contributed by atoms with Gasteiger partial charge in [0.15, 0.2) is 0 Å². The van der Waals surface area contributed by atoms with Gasteiger partial charge in [-0.1, -0.05) is 0 Å². The van der Waals surface area contributed by atoms with E-state index in [1.807, 2.05) is 22.7 Å². The number of benzene rings is 1. The molecule has 1 fully saturated rings. The molecule has 2 aromatic rings. The molecule has 0 amide bonds. The normalized spacial score (nSPS) is 15.2. The highest BCUT2D eigenvalue weighted by Gasteiger charge is 2.25. The first kappa shape index (κ1) is 16.0. The summed E-state index contributed by atoms with van der Waals surface area (Å²) in [6.45, 7) is 1.51. The van der Waals surface area contributed by atoms with Crippen molar-refractivity contribution < 1.29 is 4.92 Å². The third kappa shape index (κ3) is 3.23. The molecule has 0 N–H and O–H groups in total. The lowest BCUT2D eigenvalue weighted by atomic mass is 9.92. The van der Waals surface area contributed by atoms with Crippen molar-refractivity contribution in [1.29, 1.82) is 5.26 Å². The van der Waals surface area contributed by atoms with Crippen molar-refractivity contribution >= 4 is 11.4 Å². The Balaban J connectivity index is 1.71. The Morgan fingerprint density at radius 2 is 2.17 bits per heavy atom. The number of nitro benzene ring substituents is 1. The zero-order valence-corrected chi connectivity index (χ0v) is 13.6. The van der Waals surface area contributed by atoms with Gasteiger partial charge >= 0.3 is 0 Å². The minimum Gasteiger partial charge on any atom is -0.366 e. The minimum absolute atomic E-state index is 0.0663. The molecule has 1 aliphatic rings. The van der Waals surface area contributed by atoms with Gasteiger partial charge in [0.1, 0.15) is 11.5 Å². The van der Waals surface area contributed by atoms with Crippen LogP contribution in [0.5, 0.6) is 0 Å². The van der Waals surface area contributed by atoms with Crippen molar-refractivity contribution in [1.82, 2.24) is 9.55 Å². The minimum atomic E-state index is -0.379. The molecule has 1 aromatic heterocycles. The van der Waals surface area contributed by atoms with Crippen molar-refractivity contribution in [2.45, 2.75) is 19.3 Å². The van der Waals surface area contributed by atoms with Crippen LogP contribution in [0, 0.1) is 27.4 Å². The molecule has 24 heavy (non-hydrogen) atoms. The molecular formula is C17H19N5O2. The van der Waals surface area contributed by atoms with E-state index in [2.05, 4.69) is 11.1 Å². The van der Waals surface area contributed by atoms with Gasteiger partial charge in [-0.3, -0.25) is 10.1 Å². The maximum absolute atomic E-state index is 11.3. The average molecular weight is 325 g/mol. The van der Waals surface area contributed by atoms with Gasteiger partial charge in [-0.25, -0.2) is 4.98 Å². The van der Waals surface area contributed by atoms with Gasteiger partial charge in [0.05, 0.1) is 16.6 Å². The maximum Gasteiger partial charge on any atom is 0.292 e. The molecule has 2 heterocycles. The summed E-state index contributed by atoms with van der Waals surface area (Å²) < 4.78 is 2.04. The molecule has 7 nitrogen and oxygen atoms in total. The lowest BCUT2D eigenvalue weighted by Gasteiger charge is -2.33. The molecule has 3 rings (SSSR count). The first-order chi connectivity index (χ1) is 11.6. The van der Waals surface area contributed by atoms with Crippen LogP contribution in [0.3, 0.4) is 0 Å². The molecule has 124 valence electrons. The molecule has 0 spiro atoms. The SMILES string of the molecule is Cn1ccnc1CC1CCN(c2cc(C#N)ccc2[N+](=O)[O-])CC1. The monoisotopic (exact) mass is 325 g/mol. The fraction of sp³-hybridized carbons (Fsp3) is 0.412. The highest BCUT2D eigenvalue weighted by molar-refractivity contribution is 5.66. The Bertz CT molecular complexity index is 785. The van der Waals surface area contributed by atoms with Crippen LogP contribution < -0.4 is 4.90 Å². The van der Waals surface area contributed by atoms with Crippen molar-refractivity contribution in [3.8, 4) is 6.07 Å². The third-order valence-corrected chi connectivity index (χ3v) is 4.65. The van der Waals surface area contributed by atoms with Crippen molar-refractivity contribution in [2.24, 2.45) is 13.0 Å². The van der Waals surface area contributed by atoms with Crippen LogP contribution in [-0.2, 0) is 13.5 Å². The summed E-state index contributed by atoms with van der Waals surface area (Å²) in [5, 5.41) is 20.3. The molecule has 0 saturated carbocycles. The van der Waals surface area contributed by atoms with Crippen molar-refractivity contribution in [3.63, 3.8) is 0 Å². The fourth-order valence-electron chi connectivity index (χ4n) is 3.23. The predicted octanol–water partition coefficient (Wildman–Crippen LogP) is 2.66. The van der Waals surface area contributed by atoms with Crippen LogP contribution in [0.2, 0.25) is 0 Å². The van der Waals surface area contributed by atoms with E-state index in [-0.39, 0.29) is 10.6 Å². The van der Waals surface area contributed by atoms with Gasteiger partial charge < -0.3 is 9.47 Å². The number of rotatable bonds is 4. The Kier molecular flexibility index (Phi) is 4.47. The highest BCUT2D eigenvalue weighted by Crippen LogP contribution is 2.33. The summed E-state index contributed by atoms with van der Waals surface area (Å²) >= 11 is 0. The third-order valence-electron chi connectivity index (χ3n) is 4.65. The number of nitro groups is 1. The molecule has 0 unspecified atom stereocenters. The summed E-state index contributed by atoms with van der Waals surface area (Å²) in [6, 6.07) is 6.60. The number of nitrogens with zero attached hydrogens (tertiary/aromatic N) is 5. The van der Waals surface area contributed by atoms with Gasteiger partial charge in [-0.2, -0.15) is 5.26 Å². The van der Waals surface area contributed by atoms with E-state index in [0.29, 0.717) is 17.2 Å². The largest absolute Gasteiger partial charge is 0.366 e. The Morgan fingerprint density at radius 3 is 2.75 bits per heavy atom. The smallest absolute Gasteiger partial charge is 0.292 e. The van der Waals surface area contributed by atoms with Crippen LogP contribution in [0.4, 0.5) is 11.4 Å². The van der Waals surface area contributed by atoms with E-state index < -0.39 is 0 Å². The second-order valence-electron chi connectivity index (χ2n) is 6.16. The number of aromatic nitrogens is 2. The Hall–Kier alpha value is -2.88. The lowest BCUT2D eigenvalue weighted by molar-refractivity contribution is -0.384. The van der Waals surface area contributed by atoms with Crippen LogP contribution in [0.15, 0.2) is 30.6 Å². The van der Waals surface area contributed by atoms with E-state index in [0.717, 1.165) is 38.2 Å². The quantitative estimate of drug-likeness (QED) is 0.637. The zero-order valence-electron chi connectivity index (χ0n) is 13.6. The molecular weight excluding hydrogens is 306 g/mol. The molecule has 1 saturated heterocycles. The van der Waals surface area contributed by atoms with E-state index in [1.165, 1.54) is 12.1 Å². The number of anilines is 1. The number of imidazole rings is 1. The second-order valence-corrected chi connectivity index (χ2v) is 6.16. The van der Waals surface area contributed by atoms with Gasteiger partial charge in [0.2, 0.25) is 0 Å². The van der Waals surface area contributed by atoms with Gasteiger partial charge in [-0.05, 0) is 30.9 Å². The van der Waals surface area contributed by atoms with Crippen molar-refractivity contribution in [2.75, 3.05) is 18.0 Å². The summed E-state index contributed by atoms with van der Waals surface area (Å²) in [4.78, 5) is 17.3. The maximum atomic E-state index is 11.3. The number of hydrogen-bond donors (Lipinski definition) is 0. The number of hydrogen-bond acceptors (Lipinski definition) is 5. The molecule has 0 atom stereocenters. The Morgan fingerprint density at radius 1 is 1.42 bits per heavy atom. The average Bonchev–Trinajstić information content (AvgIpc) is 2.99. The number of piperidine rings is 1. The van der Waals surface area contributed by atoms with Crippen LogP contribution in [0.1, 0.15) is 24.2 Å². The van der Waals surface area contributed by atoms with E-state index >= 15 is 0 Å². The van der Waals surface area contributed by atoms with E-state index in [4.69, 9.17) is 5.26 Å². The van der Waals surface area contributed by atoms with E-state index in [1.54, 1.807) is 12.3 Å². The van der Waals surface area contributed by atoms with Gasteiger partial charge in [-0.15, -0.1) is 0 Å². The van der Waals surface area contributed by atoms with Crippen LogP contribution >= 0.6 is 0 Å². The van der Waals surface area contributed by atoms with E-state index in [9.17, 15) is 10.1 Å². The lowest BCUT2D eigenvalue weighted by Crippen LogP contribution is -2.35. The number of aryl methyl sites for hydroxylation is 1. The van der Waals surface area contributed by atoms with Gasteiger partial charge in [0.25, 0.3) is 5.69 Å². The topological polar surface area (TPSA) is 88.0 Å². The molecule has 0 radical (unpaired) electrons. The summed E-state index contributed by atoms with van der Waals surface area (Å²) in [5.74, 6) is 1.60. The summed E-state index contributed by atoms with van der Waals surface area (Å²) in [7, 11) is 1.99. The van der Waals surface area contributed by atoms with Crippen molar-refractivity contribution in [3.05, 3.63) is 52.1 Å². The first-order valence-corrected chi connectivity index (χ1v) is 7.98. The second kappa shape index (κ2) is 6.71. The molecule has 7 heteroatoms. The number of nitriles is 1. The zero-order chi connectivity index (χ0) is 17.1. The Labute approximate surface area is 140 Å². The highest BCUT2D eigenvalue weighted by atomic mass is 16.6.